The van der Waals surface area contributed by atoms with Gasteiger partial charge in [-0.2, -0.15) is 4.98 Å². The van der Waals surface area contributed by atoms with Gasteiger partial charge in [0.2, 0.25) is 0 Å². The van der Waals surface area contributed by atoms with Crippen molar-refractivity contribution in [3.63, 3.8) is 0 Å². The summed E-state index contributed by atoms with van der Waals surface area (Å²) in [6.45, 7) is 3.85. The average Bonchev–Trinajstić information content (AvgIpc) is 2.66. The molecule has 5 heteroatoms. The second-order valence-electron chi connectivity index (χ2n) is 3.23. The van der Waals surface area contributed by atoms with E-state index in [0.29, 0.717) is 11.7 Å². The van der Waals surface area contributed by atoms with Gasteiger partial charge in [-0.05, 0) is 26.0 Å². The fourth-order valence-corrected chi connectivity index (χ4v) is 1.44. The number of alkyl halides is 1. The number of nitrogens with zero attached hydrogens (tertiary/aromatic N) is 3. The Morgan fingerprint density at radius 1 is 1.27 bits per heavy atom. The van der Waals surface area contributed by atoms with Gasteiger partial charge in [-0.3, -0.25) is 4.98 Å². The van der Waals surface area contributed by atoms with Crippen LogP contribution in [-0.2, 0) is 5.88 Å². The zero-order valence-corrected chi connectivity index (χ0v) is 9.25. The number of aryl methyl sites for hydroxylation is 2. The Hall–Kier alpha value is -1.42. The van der Waals surface area contributed by atoms with Crippen molar-refractivity contribution < 1.29 is 4.52 Å². The van der Waals surface area contributed by atoms with Crippen LogP contribution in [-0.4, -0.2) is 15.1 Å². The lowest BCUT2D eigenvalue weighted by atomic mass is 10.2. The summed E-state index contributed by atoms with van der Waals surface area (Å²) in [5, 5.41) is 3.73. The molecule has 0 spiro atoms. The number of hydrogen-bond donors (Lipinski definition) is 0. The smallest absolute Gasteiger partial charge is 0.259 e. The van der Waals surface area contributed by atoms with Gasteiger partial charge in [0, 0.05) is 5.69 Å². The predicted molar refractivity (Wildman–Crippen MR) is 56.6 cm³/mol. The Morgan fingerprint density at radius 2 is 2.07 bits per heavy atom. The van der Waals surface area contributed by atoms with Gasteiger partial charge in [-0.25, -0.2) is 0 Å². The molecule has 0 fully saturated rings. The van der Waals surface area contributed by atoms with Gasteiger partial charge in [0.15, 0.2) is 5.82 Å². The number of hydrogen-bond acceptors (Lipinski definition) is 4. The fourth-order valence-electron chi connectivity index (χ4n) is 1.33. The van der Waals surface area contributed by atoms with Gasteiger partial charge in [0.05, 0.1) is 17.1 Å². The molecule has 0 N–H and O–H groups in total. The molecular weight excluding hydrogens is 214 g/mol. The molecule has 2 aromatic heterocycles. The van der Waals surface area contributed by atoms with Crippen LogP contribution in [0.4, 0.5) is 0 Å². The monoisotopic (exact) mass is 223 g/mol. The van der Waals surface area contributed by atoms with Gasteiger partial charge in [0.25, 0.3) is 5.89 Å². The van der Waals surface area contributed by atoms with Crippen molar-refractivity contribution in [1.29, 1.82) is 0 Å². The highest BCUT2D eigenvalue weighted by atomic mass is 35.5. The third kappa shape index (κ3) is 1.99. The first-order valence-electron chi connectivity index (χ1n) is 4.54. The van der Waals surface area contributed by atoms with Crippen molar-refractivity contribution in [3.05, 3.63) is 29.3 Å². The van der Waals surface area contributed by atoms with Gasteiger partial charge in [-0.1, -0.05) is 5.16 Å². The van der Waals surface area contributed by atoms with Crippen LogP contribution in [0.3, 0.4) is 0 Å². The van der Waals surface area contributed by atoms with E-state index in [1.54, 1.807) is 0 Å². The third-order valence-electron chi connectivity index (χ3n) is 2.04. The van der Waals surface area contributed by atoms with Crippen LogP contribution in [0.1, 0.15) is 17.2 Å². The summed E-state index contributed by atoms with van der Waals surface area (Å²) in [7, 11) is 0. The van der Waals surface area contributed by atoms with Crippen molar-refractivity contribution in [2.24, 2.45) is 0 Å². The van der Waals surface area contributed by atoms with E-state index in [1.807, 2.05) is 26.0 Å². The number of halogens is 1. The maximum atomic E-state index is 5.59. The summed E-state index contributed by atoms with van der Waals surface area (Å²) >= 11 is 5.59. The molecule has 0 bridgehead atoms. The summed E-state index contributed by atoms with van der Waals surface area (Å²) < 4.78 is 5.08. The highest BCUT2D eigenvalue weighted by molar-refractivity contribution is 6.16. The summed E-state index contributed by atoms with van der Waals surface area (Å²) in [5.41, 5.74) is 2.69. The summed E-state index contributed by atoms with van der Waals surface area (Å²) in [6.07, 6.45) is 0. The zero-order valence-electron chi connectivity index (χ0n) is 8.49. The lowest BCUT2D eigenvalue weighted by Crippen LogP contribution is -1.90. The van der Waals surface area contributed by atoms with Gasteiger partial charge in [0.1, 0.15) is 0 Å². The topological polar surface area (TPSA) is 51.8 Å². The third-order valence-corrected chi connectivity index (χ3v) is 2.28. The Morgan fingerprint density at radius 3 is 2.67 bits per heavy atom. The molecule has 4 nitrogen and oxygen atoms in total. The van der Waals surface area contributed by atoms with E-state index < -0.39 is 0 Å². The average molecular weight is 224 g/mol. The van der Waals surface area contributed by atoms with E-state index >= 15 is 0 Å². The minimum atomic E-state index is 0.252. The first-order valence-corrected chi connectivity index (χ1v) is 5.07. The van der Waals surface area contributed by atoms with Crippen LogP contribution in [0, 0.1) is 13.8 Å². The lowest BCUT2D eigenvalue weighted by Gasteiger charge is -2.00. The Labute approximate surface area is 92.3 Å². The molecule has 0 unspecified atom stereocenters. The van der Waals surface area contributed by atoms with Crippen LogP contribution < -0.4 is 0 Å². The summed E-state index contributed by atoms with van der Waals surface area (Å²) in [4.78, 5) is 8.46. The minimum Gasteiger partial charge on any atom is -0.334 e. The molecule has 0 aliphatic carbocycles. The minimum absolute atomic E-state index is 0.252. The van der Waals surface area contributed by atoms with E-state index in [4.69, 9.17) is 16.1 Å². The first-order chi connectivity index (χ1) is 7.20. The highest BCUT2D eigenvalue weighted by Gasteiger charge is 2.11. The van der Waals surface area contributed by atoms with Crippen molar-refractivity contribution in [2.45, 2.75) is 19.7 Å². The molecule has 0 radical (unpaired) electrons. The van der Waals surface area contributed by atoms with Crippen LogP contribution in [0.15, 0.2) is 16.7 Å². The van der Waals surface area contributed by atoms with Crippen LogP contribution in [0.25, 0.3) is 11.5 Å². The molecule has 2 rings (SSSR count). The first kappa shape index (κ1) is 10.1. The van der Waals surface area contributed by atoms with Gasteiger partial charge >= 0.3 is 0 Å². The molecule has 0 aliphatic heterocycles. The highest BCUT2D eigenvalue weighted by Crippen LogP contribution is 2.20. The molecule has 0 aromatic carbocycles. The van der Waals surface area contributed by atoms with E-state index in [0.717, 1.165) is 17.0 Å². The summed E-state index contributed by atoms with van der Waals surface area (Å²) in [6, 6.07) is 3.83. The van der Waals surface area contributed by atoms with E-state index in [1.165, 1.54) is 0 Å². The molecule has 2 heterocycles. The van der Waals surface area contributed by atoms with Crippen LogP contribution >= 0.6 is 11.6 Å². The molecular formula is C10H10ClN3O. The normalized spacial score (nSPS) is 10.6. The number of rotatable bonds is 2. The fraction of sp³-hybridized carbons (Fsp3) is 0.300. The molecule has 0 saturated heterocycles. The zero-order chi connectivity index (χ0) is 10.8. The Bertz CT molecular complexity index is 481. The van der Waals surface area contributed by atoms with Gasteiger partial charge < -0.3 is 4.52 Å². The lowest BCUT2D eigenvalue weighted by molar-refractivity contribution is 0.424. The second kappa shape index (κ2) is 3.98. The quantitative estimate of drug-likeness (QED) is 0.734. The maximum absolute atomic E-state index is 5.59. The van der Waals surface area contributed by atoms with Gasteiger partial charge in [-0.15, -0.1) is 11.6 Å². The molecule has 0 aliphatic rings. The Kier molecular flexibility index (Phi) is 2.68. The number of pyridine rings is 1. The maximum Gasteiger partial charge on any atom is 0.259 e. The molecule has 2 aromatic rings. The van der Waals surface area contributed by atoms with Crippen molar-refractivity contribution in [2.75, 3.05) is 0 Å². The number of aromatic nitrogens is 3. The van der Waals surface area contributed by atoms with Crippen LogP contribution in [0.5, 0.6) is 0 Å². The molecule has 0 amide bonds. The van der Waals surface area contributed by atoms with E-state index in [9.17, 15) is 0 Å². The molecule has 15 heavy (non-hydrogen) atoms. The second-order valence-corrected chi connectivity index (χ2v) is 3.50. The standard InChI is InChI=1S/C10H10ClN3O/c1-6-3-4-8(7(2)12-6)10-13-9(5-11)14-15-10/h3-4H,5H2,1-2H3. The molecule has 78 valence electrons. The molecule has 0 atom stereocenters. The summed E-state index contributed by atoms with van der Waals surface area (Å²) in [5.74, 6) is 1.21. The predicted octanol–water partition coefficient (Wildman–Crippen LogP) is 2.49. The van der Waals surface area contributed by atoms with E-state index in [-0.39, 0.29) is 5.88 Å². The van der Waals surface area contributed by atoms with Crippen molar-refractivity contribution in [1.82, 2.24) is 15.1 Å². The van der Waals surface area contributed by atoms with Crippen molar-refractivity contribution in [3.8, 4) is 11.5 Å². The Balaban J connectivity index is 2.44. The largest absolute Gasteiger partial charge is 0.334 e. The van der Waals surface area contributed by atoms with Crippen LogP contribution in [0.2, 0.25) is 0 Å². The SMILES string of the molecule is Cc1ccc(-c2nc(CCl)no2)c(C)n1. The van der Waals surface area contributed by atoms with E-state index in [2.05, 4.69) is 15.1 Å². The van der Waals surface area contributed by atoms with Crippen molar-refractivity contribution >= 4 is 11.6 Å². The molecule has 0 saturated carbocycles.